The third-order valence-electron chi connectivity index (χ3n) is 8.27. The fourth-order valence-corrected chi connectivity index (χ4v) is 5.91. The van der Waals surface area contributed by atoms with Gasteiger partial charge in [0.1, 0.15) is 36.6 Å². The molecule has 0 aromatic heterocycles. The molecule has 2 aliphatic rings. The van der Waals surface area contributed by atoms with Crippen LogP contribution >= 0.6 is 0 Å². The van der Waals surface area contributed by atoms with E-state index in [1.54, 1.807) is 0 Å². The molecule has 3 aromatic carbocycles. The second kappa shape index (κ2) is 18.5. The van der Waals surface area contributed by atoms with E-state index in [9.17, 15) is 24.9 Å². The summed E-state index contributed by atoms with van der Waals surface area (Å²) in [5, 5.41) is 32.4. The highest BCUT2D eigenvalue weighted by Crippen LogP contribution is 2.34. The number of carbonyl (C=O) groups excluding carboxylic acids is 2. The van der Waals surface area contributed by atoms with Crippen molar-refractivity contribution in [3.63, 3.8) is 0 Å². The molecule has 10 atom stereocenters. The first-order valence-electron chi connectivity index (χ1n) is 16.4. The van der Waals surface area contributed by atoms with Crippen molar-refractivity contribution in [2.24, 2.45) is 0 Å². The van der Waals surface area contributed by atoms with Crippen LogP contribution in [0.15, 0.2) is 91.0 Å². The molecule has 2 saturated heterocycles. The van der Waals surface area contributed by atoms with Gasteiger partial charge in [0.15, 0.2) is 24.8 Å². The standard InChI is InChI=1S/C37H44O13/c1-23(39)46-32-30(41)28(18-38)49-37(35(32)47-24(2)40)50-31-29(22-43-19-25-12-6-3-7-13-25)48-36(42)34(45-21-27-16-10-5-11-17-27)33(31)44-20-26-14-8-4-9-15-26/h3-17,28-38,41-42H,18-22H2,1-2H3/t28-,29-,30+,31-,32+,33+,34-,35-,36-,37+/m1/s1. The van der Waals surface area contributed by atoms with E-state index in [0.29, 0.717) is 0 Å². The summed E-state index contributed by atoms with van der Waals surface area (Å²) in [5.41, 5.74) is 2.56. The maximum absolute atomic E-state index is 12.3. The minimum atomic E-state index is -1.56. The van der Waals surface area contributed by atoms with Crippen LogP contribution in [0.5, 0.6) is 0 Å². The molecule has 5 rings (SSSR count). The minimum absolute atomic E-state index is 0.0857. The number of aliphatic hydroxyl groups excluding tert-OH is 3. The maximum Gasteiger partial charge on any atom is 0.303 e. The maximum atomic E-state index is 12.3. The first-order valence-corrected chi connectivity index (χ1v) is 16.4. The minimum Gasteiger partial charge on any atom is -0.455 e. The third-order valence-corrected chi connectivity index (χ3v) is 8.27. The van der Waals surface area contributed by atoms with Crippen LogP contribution in [-0.2, 0) is 67.3 Å². The van der Waals surface area contributed by atoms with Crippen molar-refractivity contribution in [1.82, 2.24) is 0 Å². The molecule has 3 N–H and O–H groups in total. The summed E-state index contributed by atoms with van der Waals surface area (Å²) in [6, 6.07) is 28.2. The Bertz CT molecular complexity index is 1460. The lowest BCUT2D eigenvalue weighted by Crippen LogP contribution is -2.66. The molecule has 0 bridgehead atoms. The molecule has 3 aromatic rings. The summed E-state index contributed by atoms with van der Waals surface area (Å²) < 4.78 is 48.3. The van der Waals surface area contributed by atoms with Crippen molar-refractivity contribution in [3.8, 4) is 0 Å². The van der Waals surface area contributed by atoms with E-state index in [4.69, 9.17) is 37.9 Å². The molecule has 50 heavy (non-hydrogen) atoms. The van der Waals surface area contributed by atoms with Crippen LogP contribution in [0.4, 0.5) is 0 Å². The molecule has 2 heterocycles. The van der Waals surface area contributed by atoms with E-state index in [1.165, 1.54) is 0 Å². The highest BCUT2D eigenvalue weighted by atomic mass is 16.7. The molecule has 13 heteroatoms. The van der Waals surface area contributed by atoms with Crippen molar-refractivity contribution >= 4 is 11.9 Å². The largest absolute Gasteiger partial charge is 0.455 e. The monoisotopic (exact) mass is 696 g/mol. The summed E-state index contributed by atoms with van der Waals surface area (Å²) in [6.07, 6.45) is -13.0. The Kier molecular flexibility index (Phi) is 13.8. The third kappa shape index (κ3) is 10.2. The fraction of sp³-hybridized carbons (Fsp3) is 0.459. The van der Waals surface area contributed by atoms with Crippen molar-refractivity contribution in [2.45, 2.75) is 95.1 Å². The number of aliphatic hydroxyl groups is 3. The van der Waals surface area contributed by atoms with Gasteiger partial charge in [-0.2, -0.15) is 0 Å². The molecule has 270 valence electrons. The Hall–Kier alpha value is -3.76. The molecule has 0 amide bonds. The van der Waals surface area contributed by atoms with Gasteiger partial charge in [-0.25, -0.2) is 0 Å². The lowest BCUT2D eigenvalue weighted by molar-refractivity contribution is -0.365. The van der Waals surface area contributed by atoms with Crippen LogP contribution < -0.4 is 0 Å². The Balaban J connectivity index is 1.49. The van der Waals surface area contributed by atoms with E-state index in [-0.39, 0.29) is 26.4 Å². The van der Waals surface area contributed by atoms with Gasteiger partial charge >= 0.3 is 11.9 Å². The summed E-state index contributed by atoms with van der Waals surface area (Å²) in [6.45, 7) is 1.93. The Morgan fingerprint density at radius 2 is 1.12 bits per heavy atom. The van der Waals surface area contributed by atoms with Gasteiger partial charge in [-0.05, 0) is 16.7 Å². The lowest BCUT2D eigenvalue weighted by atomic mass is 9.96. The number of benzene rings is 3. The summed E-state index contributed by atoms with van der Waals surface area (Å²) in [4.78, 5) is 24.4. The molecule has 0 unspecified atom stereocenters. The zero-order valence-electron chi connectivity index (χ0n) is 27.9. The molecular formula is C37H44O13. The topological polar surface area (TPSA) is 169 Å². The first kappa shape index (κ1) is 37.5. The van der Waals surface area contributed by atoms with E-state index in [0.717, 1.165) is 30.5 Å². The normalized spacial score (nSPS) is 29.6. The van der Waals surface area contributed by atoms with Crippen LogP contribution in [0.25, 0.3) is 0 Å². The van der Waals surface area contributed by atoms with Crippen LogP contribution in [-0.4, -0.2) is 102 Å². The average molecular weight is 697 g/mol. The van der Waals surface area contributed by atoms with Crippen LogP contribution in [0.3, 0.4) is 0 Å². The molecular weight excluding hydrogens is 652 g/mol. The van der Waals surface area contributed by atoms with Crippen molar-refractivity contribution in [1.29, 1.82) is 0 Å². The molecule has 0 aliphatic carbocycles. The van der Waals surface area contributed by atoms with Crippen LogP contribution in [0.1, 0.15) is 30.5 Å². The van der Waals surface area contributed by atoms with E-state index >= 15 is 0 Å². The molecule has 13 nitrogen and oxygen atoms in total. The molecule has 0 spiro atoms. The average Bonchev–Trinajstić information content (AvgIpc) is 3.11. The smallest absolute Gasteiger partial charge is 0.303 e. The summed E-state index contributed by atoms with van der Waals surface area (Å²) >= 11 is 0. The fourth-order valence-electron chi connectivity index (χ4n) is 5.91. The summed E-state index contributed by atoms with van der Waals surface area (Å²) in [7, 11) is 0. The number of ether oxygens (including phenoxy) is 8. The van der Waals surface area contributed by atoms with Gasteiger partial charge in [-0.15, -0.1) is 0 Å². The number of hydrogen-bond donors (Lipinski definition) is 3. The molecule has 2 fully saturated rings. The van der Waals surface area contributed by atoms with E-state index < -0.39 is 80.0 Å². The van der Waals surface area contributed by atoms with E-state index in [1.807, 2.05) is 91.0 Å². The SMILES string of the molecule is CC(=O)O[C@H]1[C@H](O[C@H]2[C@H](OCc3ccccc3)[C@@H](OCc3ccccc3)[C@H](O)O[C@@H]2COCc2ccccc2)O[C@H](CO)[C@H](O)[C@@H]1OC(C)=O. The number of rotatable bonds is 15. The van der Waals surface area contributed by atoms with Gasteiger partial charge in [0.2, 0.25) is 0 Å². The quantitative estimate of drug-likeness (QED) is 0.198. The van der Waals surface area contributed by atoms with Gasteiger partial charge < -0.3 is 53.2 Å². The zero-order chi connectivity index (χ0) is 35.5. The lowest BCUT2D eigenvalue weighted by Gasteiger charge is -2.48. The predicted octanol–water partition coefficient (Wildman–Crippen LogP) is 2.42. The van der Waals surface area contributed by atoms with E-state index in [2.05, 4.69) is 0 Å². The highest BCUT2D eigenvalue weighted by Gasteiger charge is 2.54. The van der Waals surface area contributed by atoms with Gasteiger partial charge in [-0.1, -0.05) is 91.0 Å². The Morgan fingerprint density at radius 1 is 0.620 bits per heavy atom. The Labute approximate surface area is 290 Å². The molecule has 2 aliphatic heterocycles. The first-order chi connectivity index (χ1) is 24.2. The van der Waals surface area contributed by atoms with Gasteiger partial charge in [-0.3, -0.25) is 9.59 Å². The number of hydrogen-bond acceptors (Lipinski definition) is 13. The molecule has 0 saturated carbocycles. The van der Waals surface area contributed by atoms with Gasteiger partial charge in [0.05, 0.1) is 33.0 Å². The van der Waals surface area contributed by atoms with Crippen molar-refractivity contribution in [3.05, 3.63) is 108 Å². The number of esters is 2. The van der Waals surface area contributed by atoms with Crippen LogP contribution in [0, 0.1) is 0 Å². The van der Waals surface area contributed by atoms with Gasteiger partial charge in [0.25, 0.3) is 0 Å². The highest BCUT2D eigenvalue weighted by molar-refractivity contribution is 5.67. The number of carbonyl (C=O) groups is 2. The Morgan fingerprint density at radius 3 is 1.64 bits per heavy atom. The second-order valence-corrected chi connectivity index (χ2v) is 12.1. The van der Waals surface area contributed by atoms with Gasteiger partial charge in [0, 0.05) is 13.8 Å². The molecule has 0 radical (unpaired) electrons. The van der Waals surface area contributed by atoms with Crippen molar-refractivity contribution < 1.29 is 62.8 Å². The second-order valence-electron chi connectivity index (χ2n) is 12.1. The van der Waals surface area contributed by atoms with Crippen molar-refractivity contribution in [2.75, 3.05) is 13.2 Å². The van der Waals surface area contributed by atoms with Crippen LogP contribution in [0.2, 0.25) is 0 Å². The zero-order valence-corrected chi connectivity index (χ0v) is 27.9. The predicted molar refractivity (Wildman–Crippen MR) is 175 cm³/mol. The summed E-state index contributed by atoms with van der Waals surface area (Å²) in [5.74, 6) is -1.53.